The summed E-state index contributed by atoms with van der Waals surface area (Å²) in [5, 5.41) is 4.31. The van der Waals surface area contributed by atoms with Gasteiger partial charge in [-0.3, -0.25) is 9.69 Å². The standard InChI is InChI=1S/C24H30N4O2S/c1-17-22(18-8-11-27(17)12-9-18)26-23(29)19-4-6-20(7-5-19)31-24-21(3-2-10-25-24)28-13-15-30-16-14-28/h2-7,10,17-18,22H,8-9,11-16H2,1H3,(H,26,29)/t17-,22-/m0/s1. The van der Waals surface area contributed by atoms with Crippen molar-refractivity contribution in [2.75, 3.05) is 44.3 Å². The highest BCUT2D eigenvalue weighted by molar-refractivity contribution is 7.99. The van der Waals surface area contributed by atoms with Gasteiger partial charge in [0, 0.05) is 41.8 Å². The van der Waals surface area contributed by atoms with Crippen LogP contribution in [0.3, 0.4) is 0 Å². The normalized spacial score (nSPS) is 27.8. The number of fused-ring (bicyclic) bond motifs is 3. The first-order valence-electron chi connectivity index (χ1n) is 11.3. The van der Waals surface area contributed by atoms with E-state index in [-0.39, 0.29) is 11.9 Å². The Balaban J connectivity index is 1.25. The van der Waals surface area contributed by atoms with Gasteiger partial charge in [0.1, 0.15) is 5.03 Å². The lowest BCUT2D eigenvalue weighted by molar-refractivity contribution is 0.0217. The molecule has 4 aliphatic heterocycles. The Morgan fingerprint density at radius 3 is 2.55 bits per heavy atom. The predicted octanol–water partition coefficient (Wildman–Crippen LogP) is 3.28. The maximum atomic E-state index is 12.9. The average Bonchev–Trinajstić information content (AvgIpc) is 2.83. The summed E-state index contributed by atoms with van der Waals surface area (Å²) in [6.07, 6.45) is 4.23. The molecule has 6 rings (SSSR count). The lowest BCUT2D eigenvalue weighted by atomic mass is 9.79. The summed E-state index contributed by atoms with van der Waals surface area (Å²) in [5.74, 6) is 0.649. The van der Waals surface area contributed by atoms with Gasteiger partial charge < -0.3 is 15.0 Å². The number of nitrogens with one attached hydrogen (secondary N) is 1. The number of anilines is 1. The summed E-state index contributed by atoms with van der Waals surface area (Å²) in [6, 6.07) is 12.7. The summed E-state index contributed by atoms with van der Waals surface area (Å²) < 4.78 is 5.48. The predicted molar refractivity (Wildman–Crippen MR) is 123 cm³/mol. The quantitative estimate of drug-likeness (QED) is 0.773. The molecule has 31 heavy (non-hydrogen) atoms. The van der Waals surface area contributed by atoms with Crippen LogP contribution < -0.4 is 10.2 Å². The molecule has 4 aliphatic rings. The maximum absolute atomic E-state index is 12.9. The lowest BCUT2D eigenvalue weighted by Gasteiger charge is -2.49. The van der Waals surface area contributed by atoms with E-state index in [1.807, 2.05) is 36.5 Å². The van der Waals surface area contributed by atoms with Crippen molar-refractivity contribution in [1.29, 1.82) is 0 Å². The number of piperidine rings is 3. The third-order valence-electron chi connectivity index (χ3n) is 6.91. The first-order valence-corrected chi connectivity index (χ1v) is 12.1. The van der Waals surface area contributed by atoms with E-state index in [2.05, 4.69) is 33.1 Å². The van der Waals surface area contributed by atoms with Gasteiger partial charge in [-0.2, -0.15) is 0 Å². The lowest BCUT2D eigenvalue weighted by Crippen LogP contribution is -2.62. The molecule has 1 N–H and O–H groups in total. The second-order valence-electron chi connectivity index (χ2n) is 8.67. The Kier molecular flexibility index (Phi) is 6.16. The van der Waals surface area contributed by atoms with Crippen molar-refractivity contribution < 1.29 is 9.53 Å². The van der Waals surface area contributed by atoms with E-state index in [9.17, 15) is 4.79 Å². The Morgan fingerprint density at radius 1 is 1.10 bits per heavy atom. The zero-order chi connectivity index (χ0) is 21.2. The molecule has 164 valence electrons. The van der Waals surface area contributed by atoms with Crippen LogP contribution in [0.4, 0.5) is 5.69 Å². The Labute approximate surface area is 188 Å². The molecular weight excluding hydrogens is 408 g/mol. The first-order chi connectivity index (χ1) is 15.2. The maximum Gasteiger partial charge on any atom is 0.251 e. The van der Waals surface area contributed by atoms with Gasteiger partial charge in [-0.1, -0.05) is 11.8 Å². The number of carbonyl (C=O) groups excluding carboxylic acids is 1. The molecule has 6 nitrogen and oxygen atoms in total. The van der Waals surface area contributed by atoms with E-state index < -0.39 is 0 Å². The molecule has 4 saturated heterocycles. The number of amides is 1. The van der Waals surface area contributed by atoms with Gasteiger partial charge in [0.25, 0.3) is 5.91 Å². The van der Waals surface area contributed by atoms with Crippen molar-refractivity contribution in [1.82, 2.24) is 15.2 Å². The molecule has 0 radical (unpaired) electrons. The number of pyridine rings is 1. The van der Waals surface area contributed by atoms with E-state index in [0.717, 1.165) is 47.5 Å². The SMILES string of the molecule is C[C@H]1[C@H](NC(=O)c2ccc(Sc3ncccc3N3CCOCC3)cc2)C2CCN1CC2. The Bertz CT molecular complexity index is 906. The molecule has 1 aromatic carbocycles. The van der Waals surface area contributed by atoms with Crippen LogP contribution in [0.25, 0.3) is 0 Å². The number of benzene rings is 1. The summed E-state index contributed by atoms with van der Waals surface area (Å²) in [7, 11) is 0. The van der Waals surface area contributed by atoms with Crippen LogP contribution in [0.5, 0.6) is 0 Å². The number of ether oxygens (including phenoxy) is 1. The highest BCUT2D eigenvalue weighted by Gasteiger charge is 2.40. The molecular formula is C24H30N4O2S. The van der Waals surface area contributed by atoms with Crippen molar-refractivity contribution >= 4 is 23.4 Å². The first kappa shape index (κ1) is 20.8. The van der Waals surface area contributed by atoms with Crippen molar-refractivity contribution in [3.63, 3.8) is 0 Å². The fourth-order valence-electron chi connectivity index (χ4n) is 5.07. The van der Waals surface area contributed by atoms with E-state index in [4.69, 9.17) is 4.74 Å². The van der Waals surface area contributed by atoms with Crippen LogP contribution in [-0.2, 0) is 4.74 Å². The molecule has 0 aliphatic carbocycles. The molecule has 2 atom stereocenters. The fraction of sp³-hybridized carbons (Fsp3) is 0.500. The summed E-state index contributed by atoms with van der Waals surface area (Å²) in [6.45, 7) is 7.86. The molecule has 7 heteroatoms. The molecule has 1 aromatic heterocycles. The van der Waals surface area contributed by atoms with Crippen LogP contribution in [-0.4, -0.2) is 67.3 Å². The molecule has 4 fully saturated rings. The minimum Gasteiger partial charge on any atom is -0.378 e. The third kappa shape index (κ3) is 4.45. The number of hydrogen-bond donors (Lipinski definition) is 1. The highest BCUT2D eigenvalue weighted by Crippen LogP contribution is 2.35. The van der Waals surface area contributed by atoms with E-state index in [0.29, 0.717) is 12.0 Å². The molecule has 5 heterocycles. The van der Waals surface area contributed by atoms with Crippen LogP contribution in [0.15, 0.2) is 52.5 Å². The second kappa shape index (κ2) is 9.18. The van der Waals surface area contributed by atoms with E-state index in [1.54, 1.807) is 11.8 Å². The number of carbonyl (C=O) groups is 1. The van der Waals surface area contributed by atoms with Gasteiger partial charge in [0.15, 0.2) is 0 Å². The molecule has 0 unspecified atom stereocenters. The summed E-state index contributed by atoms with van der Waals surface area (Å²) in [4.78, 5) is 23.4. The topological polar surface area (TPSA) is 57.7 Å². The number of morpholine rings is 1. The van der Waals surface area contributed by atoms with Crippen molar-refractivity contribution in [2.24, 2.45) is 5.92 Å². The van der Waals surface area contributed by atoms with Crippen LogP contribution >= 0.6 is 11.8 Å². The van der Waals surface area contributed by atoms with Crippen LogP contribution in [0.2, 0.25) is 0 Å². The molecule has 2 aromatic rings. The average molecular weight is 439 g/mol. The van der Waals surface area contributed by atoms with Gasteiger partial charge in [-0.25, -0.2) is 4.98 Å². The van der Waals surface area contributed by atoms with Crippen molar-refractivity contribution in [3.05, 3.63) is 48.2 Å². The monoisotopic (exact) mass is 438 g/mol. The zero-order valence-corrected chi connectivity index (χ0v) is 18.8. The van der Waals surface area contributed by atoms with Gasteiger partial charge >= 0.3 is 0 Å². The molecule has 0 saturated carbocycles. The Hall–Kier alpha value is -2.09. The molecule has 1 amide bonds. The zero-order valence-electron chi connectivity index (χ0n) is 18.0. The van der Waals surface area contributed by atoms with Gasteiger partial charge in [0.2, 0.25) is 0 Å². The van der Waals surface area contributed by atoms with Crippen LogP contribution in [0, 0.1) is 5.92 Å². The number of rotatable bonds is 5. The van der Waals surface area contributed by atoms with E-state index >= 15 is 0 Å². The van der Waals surface area contributed by atoms with Gasteiger partial charge in [0.05, 0.1) is 18.9 Å². The van der Waals surface area contributed by atoms with Crippen molar-refractivity contribution in [2.45, 2.75) is 41.8 Å². The number of nitrogens with zero attached hydrogens (tertiary/aromatic N) is 3. The number of hydrogen-bond acceptors (Lipinski definition) is 6. The highest BCUT2D eigenvalue weighted by atomic mass is 32.2. The smallest absolute Gasteiger partial charge is 0.251 e. The molecule has 2 bridgehead atoms. The third-order valence-corrected chi connectivity index (χ3v) is 7.93. The minimum atomic E-state index is 0.0361. The van der Waals surface area contributed by atoms with Crippen molar-refractivity contribution in [3.8, 4) is 0 Å². The van der Waals surface area contributed by atoms with Gasteiger partial charge in [-0.15, -0.1) is 0 Å². The summed E-state index contributed by atoms with van der Waals surface area (Å²) >= 11 is 1.64. The fourth-order valence-corrected chi connectivity index (χ4v) is 5.98. The van der Waals surface area contributed by atoms with E-state index in [1.165, 1.54) is 25.9 Å². The Morgan fingerprint density at radius 2 is 1.84 bits per heavy atom. The van der Waals surface area contributed by atoms with Crippen LogP contribution in [0.1, 0.15) is 30.1 Å². The number of aromatic nitrogens is 1. The largest absolute Gasteiger partial charge is 0.378 e. The minimum absolute atomic E-state index is 0.0361. The second-order valence-corrected chi connectivity index (χ2v) is 9.73. The molecule has 0 spiro atoms. The summed E-state index contributed by atoms with van der Waals surface area (Å²) in [5.41, 5.74) is 1.87. The van der Waals surface area contributed by atoms with Gasteiger partial charge in [-0.05, 0) is 75.2 Å².